The quantitative estimate of drug-likeness (QED) is 0.0262. The molecule has 1 unspecified atom stereocenters. The van der Waals surface area contributed by atoms with Crippen molar-refractivity contribution in [3.63, 3.8) is 0 Å². The predicted molar refractivity (Wildman–Crippen MR) is 284 cm³/mol. The van der Waals surface area contributed by atoms with Gasteiger partial charge in [0.05, 0.1) is 0 Å². The van der Waals surface area contributed by atoms with Crippen LogP contribution in [0.15, 0.2) is 60.8 Å². The first-order chi connectivity index (χ1) is 32.5. The lowest BCUT2D eigenvalue weighted by molar-refractivity contribution is -0.167. The molecule has 0 fully saturated rings. The van der Waals surface area contributed by atoms with Gasteiger partial charge < -0.3 is 14.2 Å². The van der Waals surface area contributed by atoms with Gasteiger partial charge in [-0.1, -0.05) is 223 Å². The van der Waals surface area contributed by atoms with Gasteiger partial charge in [-0.3, -0.25) is 14.4 Å². The zero-order chi connectivity index (χ0) is 47.9. The number of hydrogen-bond acceptors (Lipinski definition) is 6. The van der Waals surface area contributed by atoms with Crippen molar-refractivity contribution in [2.75, 3.05) is 13.2 Å². The molecule has 0 saturated carbocycles. The molecule has 0 bridgehead atoms. The normalized spacial score (nSPS) is 12.5. The van der Waals surface area contributed by atoms with Gasteiger partial charge in [-0.15, -0.1) is 0 Å². The Balaban J connectivity index is 4.38. The van der Waals surface area contributed by atoms with Gasteiger partial charge in [-0.05, 0) is 103 Å². The van der Waals surface area contributed by atoms with Gasteiger partial charge in [-0.25, -0.2) is 0 Å². The van der Waals surface area contributed by atoms with Crippen LogP contribution >= 0.6 is 0 Å². The van der Waals surface area contributed by atoms with Crippen molar-refractivity contribution in [3.05, 3.63) is 60.8 Å². The van der Waals surface area contributed by atoms with E-state index in [4.69, 9.17) is 14.2 Å². The van der Waals surface area contributed by atoms with E-state index in [1.807, 2.05) is 0 Å². The third-order valence-electron chi connectivity index (χ3n) is 12.2. The van der Waals surface area contributed by atoms with Crippen molar-refractivity contribution in [2.45, 2.75) is 290 Å². The summed E-state index contributed by atoms with van der Waals surface area (Å²) in [6, 6.07) is 0. The molecule has 0 amide bonds. The first-order valence-corrected chi connectivity index (χ1v) is 28.3. The molecule has 6 heteroatoms. The Bertz CT molecular complexity index is 1200. The summed E-state index contributed by atoms with van der Waals surface area (Å²) in [7, 11) is 0. The van der Waals surface area contributed by atoms with Crippen LogP contribution in [-0.4, -0.2) is 37.2 Å². The van der Waals surface area contributed by atoms with E-state index < -0.39 is 6.10 Å². The number of carbonyl (C=O) groups is 3. The molecule has 0 N–H and O–H groups in total. The second-order valence-electron chi connectivity index (χ2n) is 18.8. The topological polar surface area (TPSA) is 78.9 Å². The van der Waals surface area contributed by atoms with Crippen LogP contribution in [0.3, 0.4) is 0 Å². The van der Waals surface area contributed by atoms with Gasteiger partial charge in [0.15, 0.2) is 6.10 Å². The van der Waals surface area contributed by atoms with Crippen LogP contribution in [0.1, 0.15) is 284 Å². The highest BCUT2D eigenvalue weighted by molar-refractivity contribution is 5.71. The fourth-order valence-electron chi connectivity index (χ4n) is 7.90. The summed E-state index contributed by atoms with van der Waals surface area (Å²) >= 11 is 0. The molecule has 0 rings (SSSR count). The monoisotopic (exact) mass is 923 g/mol. The molecule has 0 heterocycles. The maximum atomic E-state index is 12.8. The largest absolute Gasteiger partial charge is 0.462 e. The average Bonchev–Trinajstić information content (AvgIpc) is 3.31. The zero-order valence-corrected chi connectivity index (χ0v) is 43.7. The van der Waals surface area contributed by atoms with Crippen molar-refractivity contribution in [1.82, 2.24) is 0 Å². The summed E-state index contributed by atoms with van der Waals surface area (Å²) in [5, 5.41) is 0. The van der Waals surface area contributed by atoms with E-state index in [1.54, 1.807) is 0 Å². The first kappa shape index (κ1) is 63.1. The van der Waals surface area contributed by atoms with Crippen molar-refractivity contribution in [1.29, 1.82) is 0 Å². The minimum Gasteiger partial charge on any atom is -0.462 e. The number of hydrogen-bond donors (Lipinski definition) is 0. The molecule has 0 aliphatic rings. The van der Waals surface area contributed by atoms with Crippen molar-refractivity contribution in [3.8, 4) is 0 Å². The van der Waals surface area contributed by atoms with Crippen LogP contribution < -0.4 is 0 Å². The highest BCUT2D eigenvalue weighted by Gasteiger charge is 2.19. The Morgan fingerprint density at radius 3 is 0.924 bits per heavy atom. The first-order valence-electron chi connectivity index (χ1n) is 28.3. The van der Waals surface area contributed by atoms with Gasteiger partial charge in [0.2, 0.25) is 0 Å². The highest BCUT2D eigenvalue weighted by atomic mass is 16.6. The van der Waals surface area contributed by atoms with Crippen LogP contribution in [0.2, 0.25) is 0 Å². The molecule has 66 heavy (non-hydrogen) atoms. The lowest BCUT2D eigenvalue weighted by atomic mass is 10.1. The van der Waals surface area contributed by atoms with E-state index in [-0.39, 0.29) is 31.1 Å². The summed E-state index contributed by atoms with van der Waals surface area (Å²) < 4.78 is 16.8. The fourth-order valence-corrected chi connectivity index (χ4v) is 7.90. The van der Waals surface area contributed by atoms with Crippen LogP contribution in [-0.2, 0) is 28.6 Å². The highest BCUT2D eigenvalue weighted by Crippen LogP contribution is 2.15. The van der Waals surface area contributed by atoms with E-state index in [1.165, 1.54) is 148 Å². The molecule has 382 valence electrons. The Labute approximate surface area is 409 Å². The van der Waals surface area contributed by atoms with Crippen molar-refractivity contribution >= 4 is 17.9 Å². The van der Waals surface area contributed by atoms with Gasteiger partial charge in [0.1, 0.15) is 13.2 Å². The minimum atomic E-state index is -0.785. The summed E-state index contributed by atoms with van der Waals surface area (Å²) in [5.74, 6) is -0.902. The number of unbranched alkanes of at least 4 members (excludes halogenated alkanes) is 30. The van der Waals surface area contributed by atoms with Crippen LogP contribution in [0.4, 0.5) is 0 Å². The van der Waals surface area contributed by atoms with Crippen LogP contribution in [0, 0.1) is 0 Å². The van der Waals surface area contributed by atoms with E-state index in [9.17, 15) is 14.4 Å². The molecule has 0 aromatic heterocycles. The SMILES string of the molecule is CCCC/C=C\C/C=C\CCCCCCCC(=O)OCC(COC(=O)CCCCCCCCCCC/C=C\C/C=C\CCCCC)OC(=O)CCCCCCC/C=C\CCCCCCCC. The third-order valence-corrected chi connectivity index (χ3v) is 12.2. The Morgan fingerprint density at radius 2 is 0.561 bits per heavy atom. The summed E-state index contributed by atoms with van der Waals surface area (Å²) in [5.41, 5.74) is 0. The second kappa shape index (κ2) is 54.7. The molecule has 0 aromatic rings. The van der Waals surface area contributed by atoms with Gasteiger partial charge in [-0.2, -0.15) is 0 Å². The molecule has 0 aliphatic heterocycles. The number of allylic oxidation sites excluding steroid dienone is 10. The van der Waals surface area contributed by atoms with Crippen molar-refractivity contribution in [2.24, 2.45) is 0 Å². The molecular weight excluding hydrogens is 817 g/mol. The number of rotatable bonds is 51. The van der Waals surface area contributed by atoms with E-state index in [2.05, 4.69) is 81.5 Å². The van der Waals surface area contributed by atoms with E-state index >= 15 is 0 Å². The Hall–Kier alpha value is -2.89. The maximum absolute atomic E-state index is 12.8. The average molecular weight is 924 g/mol. The molecule has 0 aromatic carbocycles. The maximum Gasteiger partial charge on any atom is 0.306 e. The Kier molecular flexibility index (Phi) is 52.3. The number of esters is 3. The molecule has 6 nitrogen and oxygen atoms in total. The van der Waals surface area contributed by atoms with E-state index in [0.29, 0.717) is 19.3 Å². The number of carbonyl (C=O) groups excluding carboxylic acids is 3. The van der Waals surface area contributed by atoms with Gasteiger partial charge >= 0.3 is 17.9 Å². The summed E-state index contributed by atoms with van der Waals surface area (Å²) in [6.07, 6.45) is 67.7. The van der Waals surface area contributed by atoms with Crippen LogP contribution in [0.25, 0.3) is 0 Å². The Morgan fingerprint density at radius 1 is 0.303 bits per heavy atom. The third kappa shape index (κ3) is 52.1. The second-order valence-corrected chi connectivity index (χ2v) is 18.8. The molecule has 0 radical (unpaired) electrons. The lowest BCUT2D eigenvalue weighted by Crippen LogP contribution is -2.30. The predicted octanol–water partition coefficient (Wildman–Crippen LogP) is 18.8. The van der Waals surface area contributed by atoms with Gasteiger partial charge in [0, 0.05) is 19.3 Å². The van der Waals surface area contributed by atoms with E-state index in [0.717, 1.165) is 96.3 Å². The van der Waals surface area contributed by atoms with Crippen LogP contribution in [0.5, 0.6) is 0 Å². The number of ether oxygens (including phenoxy) is 3. The molecule has 0 aliphatic carbocycles. The van der Waals surface area contributed by atoms with Crippen molar-refractivity contribution < 1.29 is 28.6 Å². The summed E-state index contributed by atoms with van der Waals surface area (Å²) in [4.78, 5) is 38.1. The molecule has 1 atom stereocenters. The standard InChI is InChI=1S/C60H106O6/c1-4-7-10-13-16-19-22-25-28-29-30-31-33-35-38-41-44-47-50-53-59(62)65-56-57(55-64-58(61)52-49-46-43-40-37-34-27-24-21-18-15-12-9-6-3)66-60(63)54-51-48-45-42-39-36-32-26-23-20-17-14-11-8-5-2/h15-16,18-19,24-28,32,57H,4-14,17,20-23,29-31,33-56H2,1-3H3/b18-15-,19-16-,27-24-,28-25-,32-26-. The molecule has 0 saturated heterocycles. The molecule has 0 spiro atoms. The minimum absolute atomic E-state index is 0.0835. The smallest absolute Gasteiger partial charge is 0.306 e. The lowest BCUT2D eigenvalue weighted by Gasteiger charge is -2.18. The summed E-state index contributed by atoms with van der Waals surface area (Å²) in [6.45, 7) is 6.57. The van der Waals surface area contributed by atoms with Gasteiger partial charge in [0.25, 0.3) is 0 Å². The molecular formula is C60H106O6. The zero-order valence-electron chi connectivity index (χ0n) is 43.7. The fraction of sp³-hybridized carbons (Fsp3) is 0.783.